The Kier molecular flexibility index (Phi) is 3.39. The van der Waals surface area contributed by atoms with Gasteiger partial charge in [-0.2, -0.15) is 0 Å². The highest BCUT2D eigenvalue weighted by Gasteiger charge is 2.23. The average Bonchev–Trinajstić information content (AvgIpc) is 3.04. The lowest BCUT2D eigenvalue weighted by Gasteiger charge is -2.26. The molecule has 3 rings (SSSR count). The van der Waals surface area contributed by atoms with Crippen molar-refractivity contribution < 1.29 is 9.53 Å². The number of nitrogens with zero attached hydrogens (tertiary/aromatic N) is 5. The summed E-state index contributed by atoms with van der Waals surface area (Å²) >= 11 is 1.51. The highest BCUT2D eigenvalue weighted by atomic mass is 32.1. The number of rotatable bonds is 3. The van der Waals surface area contributed by atoms with Gasteiger partial charge in [0.15, 0.2) is 16.6 Å². The molecule has 8 heteroatoms. The van der Waals surface area contributed by atoms with Crippen molar-refractivity contribution in [2.45, 2.75) is 26.9 Å². The third kappa shape index (κ3) is 2.26. The molecule has 106 valence electrons. The molecule has 0 unspecified atom stereocenters. The van der Waals surface area contributed by atoms with Crippen LogP contribution in [0.15, 0.2) is 6.33 Å². The Morgan fingerprint density at radius 1 is 1.50 bits per heavy atom. The van der Waals surface area contributed by atoms with E-state index in [-0.39, 0.29) is 5.97 Å². The summed E-state index contributed by atoms with van der Waals surface area (Å²) in [4.78, 5) is 19.2. The molecule has 0 saturated heterocycles. The van der Waals surface area contributed by atoms with Crippen molar-refractivity contribution in [1.29, 1.82) is 0 Å². The van der Waals surface area contributed by atoms with E-state index in [9.17, 15) is 4.79 Å². The van der Waals surface area contributed by atoms with Crippen LogP contribution in [0.4, 0.5) is 5.13 Å². The molecule has 0 saturated carbocycles. The third-order valence-electron chi connectivity index (χ3n) is 3.16. The number of hydrogen-bond acceptors (Lipinski definition) is 7. The number of carbonyl (C=O) groups excluding carboxylic acids is 1. The van der Waals surface area contributed by atoms with E-state index in [1.54, 1.807) is 13.3 Å². The number of esters is 1. The Morgan fingerprint density at radius 2 is 2.35 bits per heavy atom. The molecule has 0 spiro atoms. The number of anilines is 1. The van der Waals surface area contributed by atoms with Crippen molar-refractivity contribution in [3.05, 3.63) is 22.7 Å². The molecule has 0 radical (unpaired) electrons. The molecule has 7 nitrogen and oxygen atoms in total. The molecule has 0 fully saturated rings. The summed E-state index contributed by atoms with van der Waals surface area (Å²) < 4.78 is 7.04. The molecule has 2 aromatic heterocycles. The van der Waals surface area contributed by atoms with Crippen molar-refractivity contribution in [2.24, 2.45) is 0 Å². The van der Waals surface area contributed by atoms with Gasteiger partial charge in [0.1, 0.15) is 6.33 Å². The fraction of sp³-hybridized carbons (Fsp3) is 0.500. The predicted molar refractivity (Wildman–Crippen MR) is 73.9 cm³/mol. The largest absolute Gasteiger partial charge is 0.461 e. The summed E-state index contributed by atoms with van der Waals surface area (Å²) in [5, 5.41) is 8.82. The van der Waals surface area contributed by atoms with Crippen LogP contribution in [0.5, 0.6) is 0 Å². The van der Waals surface area contributed by atoms with Crippen LogP contribution in [-0.2, 0) is 17.8 Å². The first-order chi connectivity index (χ1) is 9.69. The molecule has 0 bridgehead atoms. The first-order valence-electron chi connectivity index (χ1n) is 6.45. The molecular formula is C12H15N5O2S. The zero-order valence-corrected chi connectivity index (χ0v) is 12.2. The maximum Gasteiger partial charge on any atom is 0.358 e. The van der Waals surface area contributed by atoms with Crippen LogP contribution in [0.1, 0.15) is 28.1 Å². The molecule has 20 heavy (non-hydrogen) atoms. The van der Waals surface area contributed by atoms with Crippen molar-refractivity contribution >= 4 is 22.4 Å². The van der Waals surface area contributed by atoms with Crippen LogP contribution in [0.25, 0.3) is 0 Å². The molecule has 0 aliphatic carbocycles. The SMILES string of the molecule is CCOC(=O)c1nc(N2CCn3cnnc3C2)sc1C. The average molecular weight is 293 g/mol. The second-order valence-corrected chi connectivity index (χ2v) is 5.67. The summed E-state index contributed by atoms with van der Waals surface area (Å²) in [5.41, 5.74) is 0.416. The monoisotopic (exact) mass is 293 g/mol. The minimum Gasteiger partial charge on any atom is -0.461 e. The van der Waals surface area contributed by atoms with E-state index in [2.05, 4.69) is 20.1 Å². The summed E-state index contributed by atoms with van der Waals surface area (Å²) in [6.07, 6.45) is 1.74. The quantitative estimate of drug-likeness (QED) is 0.793. The smallest absolute Gasteiger partial charge is 0.358 e. The number of carbonyl (C=O) groups is 1. The van der Waals surface area contributed by atoms with Gasteiger partial charge >= 0.3 is 5.97 Å². The van der Waals surface area contributed by atoms with Crippen LogP contribution in [0.2, 0.25) is 0 Å². The summed E-state index contributed by atoms with van der Waals surface area (Å²) in [7, 11) is 0. The van der Waals surface area contributed by atoms with E-state index in [1.165, 1.54) is 11.3 Å². The number of aromatic nitrogens is 4. The van der Waals surface area contributed by atoms with Gasteiger partial charge in [0.05, 0.1) is 13.2 Å². The predicted octanol–water partition coefficient (Wildman–Crippen LogP) is 1.24. The molecular weight excluding hydrogens is 278 g/mol. The van der Waals surface area contributed by atoms with Crippen LogP contribution >= 0.6 is 11.3 Å². The second kappa shape index (κ2) is 5.20. The minimum absolute atomic E-state index is 0.354. The topological polar surface area (TPSA) is 73.1 Å². The number of hydrogen-bond donors (Lipinski definition) is 0. The molecule has 1 aliphatic heterocycles. The third-order valence-corrected chi connectivity index (χ3v) is 4.20. The van der Waals surface area contributed by atoms with Gasteiger partial charge in [0, 0.05) is 18.0 Å². The maximum atomic E-state index is 11.8. The lowest BCUT2D eigenvalue weighted by atomic mass is 10.4. The van der Waals surface area contributed by atoms with Crippen molar-refractivity contribution in [3.63, 3.8) is 0 Å². The van der Waals surface area contributed by atoms with Gasteiger partial charge in [-0.1, -0.05) is 0 Å². The van der Waals surface area contributed by atoms with Gasteiger partial charge in [-0.15, -0.1) is 21.5 Å². The number of aryl methyl sites for hydroxylation is 1. The van der Waals surface area contributed by atoms with Crippen LogP contribution in [0, 0.1) is 6.92 Å². The Labute approximate surface area is 120 Å². The normalized spacial score (nSPS) is 14.2. The number of fused-ring (bicyclic) bond motifs is 1. The zero-order valence-electron chi connectivity index (χ0n) is 11.4. The molecule has 0 amide bonds. The minimum atomic E-state index is -0.354. The molecule has 0 atom stereocenters. The highest BCUT2D eigenvalue weighted by Crippen LogP contribution is 2.28. The van der Waals surface area contributed by atoms with Gasteiger partial charge < -0.3 is 14.2 Å². The molecule has 0 aromatic carbocycles. The summed E-state index contributed by atoms with van der Waals surface area (Å²) in [5.74, 6) is 0.564. The number of thiazole rings is 1. The van der Waals surface area contributed by atoms with Crippen LogP contribution < -0.4 is 4.90 Å². The maximum absolute atomic E-state index is 11.8. The van der Waals surface area contributed by atoms with Gasteiger partial charge in [-0.3, -0.25) is 0 Å². The van der Waals surface area contributed by atoms with Crippen LogP contribution in [0.3, 0.4) is 0 Å². The van der Waals surface area contributed by atoms with E-state index in [0.29, 0.717) is 18.8 Å². The Bertz CT molecular complexity index is 636. The van der Waals surface area contributed by atoms with E-state index < -0.39 is 0 Å². The summed E-state index contributed by atoms with van der Waals surface area (Å²) in [6, 6.07) is 0. The van der Waals surface area contributed by atoms with Crippen molar-refractivity contribution in [1.82, 2.24) is 19.7 Å². The van der Waals surface area contributed by atoms with E-state index in [4.69, 9.17) is 4.74 Å². The summed E-state index contributed by atoms with van der Waals surface area (Å²) in [6.45, 7) is 6.36. The molecule has 2 aromatic rings. The standard InChI is InChI=1S/C12H15N5O2S/c1-3-19-11(18)10-8(2)20-12(14-10)16-4-5-17-7-13-15-9(17)6-16/h7H,3-6H2,1-2H3. The van der Waals surface area contributed by atoms with Gasteiger partial charge in [-0.05, 0) is 13.8 Å². The molecule has 0 N–H and O–H groups in total. The lowest BCUT2D eigenvalue weighted by Crippen LogP contribution is -2.33. The highest BCUT2D eigenvalue weighted by molar-refractivity contribution is 7.15. The fourth-order valence-electron chi connectivity index (χ4n) is 2.14. The molecule has 1 aliphatic rings. The lowest BCUT2D eigenvalue weighted by molar-refractivity contribution is 0.0519. The Balaban J connectivity index is 1.82. The Hall–Kier alpha value is -1.96. The zero-order chi connectivity index (χ0) is 14.1. The fourth-order valence-corrected chi connectivity index (χ4v) is 3.06. The van der Waals surface area contributed by atoms with E-state index in [0.717, 1.165) is 28.9 Å². The Morgan fingerprint density at radius 3 is 3.15 bits per heavy atom. The van der Waals surface area contributed by atoms with Gasteiger partial charge in [0.2, 0.25) is 0 Å². The van der Waals surface area contributed by atoms with E-state index >= 15 is 0 Å². The van der Waals surface area contributed by atoms with Gasteiger partial charge in [0.25, 0.3) is 0 Å². The van der Waals surface area contributed by atoms with E-state index in [1.807, 2.05) is 11.5 Å². The number of ether oxygens (including phenoxy) is 1. The second-order valence-electron chi connectivity index (χ2n) is 4.48. The first kappa shape index (κ1) is 13.0. The van der Waals surface area contributed by atoms with Crippen LogP contribution in [-0.4, -0.2) is 38.9 Å². The van der Waals surface area contributed by atoms with Crippen molar-refractivity contribution in [2.75, 3.05) is 18.1 Å². The molecule has 3 heterocycles. The van der Waals surface area contributed by atoms with Gasteiger partial charge in [-0.25, -0.2) is 9.78 Å². The first-order valence-corrected chi connectivity index (χ1v) is 7.27. The van der Waals surface area contributed by atoms with Crippen molar-refractivity contribution in [3.8, 4) is 0 Å².